The summed E-state index contributed by atoms with van der Waals surface area (Å²) in [5, 5.41) is 5.22. The molecule has 0 unspecified atom stereocenters. The van der Waals surface area contributed by atoms with Gasteiger partial charge in [0.05, 0.1) is 7.11 Å². The first-order chi connectivity index (χ1) is 21.1. The van der Waals surface area contributed by atoms with E-state index in [0.29, 0.717) is 17.7 Å². The summed E-state index contributed by atoms with van der Waals surface area (Å²) in [4.78, 5) is 19.6. The Balaban J connectivity index is 1.80. The zero-order valence-electron chi connectivity index (χ0n) is 25.5. The number of hydrogen-bond donors (Lipinski definition) is 2. The van der Waals surface area contributed by atoms with Crippen molar-refractivity contribution in [3.05, 3.63) is 66.0 Å². The summed E-state index contributed by atoms with van der Waals surface area (Å²) in [5.74, 6) is -0.177. The largest absolute Gasteiger partial charge is 0.573 e. The lowest BCUT2D eigenvalue weighted by Crippen LogP contribution is -2.40. The van der Waals surface area contributed by atoms with Gasteiger partial charge in [-0.1, -0.05) is 31.2 Å². The molecule has 0 aliphatic heterocycles. The van der Waals surface area contributed by atoms with Crippen LogP contribution >= 0.6 is 0 Å². The van der Waals surface area contributed by atoms with E-state index in [1.807, 2.05) is 30.3 Å². The van der Waals surface area contributed by atoms with Crippen molar-refractivity contribution < 1.29 is 40.6 Å². The fourth-order valence-electron chi connectivity index (χ4n) is 3.90. The molecule has 2 aromatic carbocycles. The highest BCUT2D eigenvalue weighted by Gasteiger charge is 2.36. The van der Waals surface area contributed by atoms with E-state index in [0.717, 1.165) is 22.0 Å². The Morgan fingerprint density at radius 2 is 1.69 bits per heavy atom. The second kappa shape index (κ2) is 15.1. The van der Waals surface area contributed by atoms with E-state index >= 15 is 0 Å². The summed E-state index contributed by atoms with van der Waals surface area (Å²) in [5.41, 5.74) is 0.839. The summed E-state index contributed by atoms with van der Waals surface area (Å²) in [6.45, 7) is 6.36. The average molecular weight is 652 g/mol. The molecule has 0 atom stereocenters. The maximum atomic E-state index is 13.5. The molecule has 0 fully saturated rings. The summed E-state index contributed by atoms with van der Waals surface area (Å²) in [6.07, 6.45) is 1.06. The van der Waals surface area contributed by atoms with Crippen LogP contribution in [-0.4, -0.2) is 67.5 Å². The maximum Gasteiger partial charge on any atom is 0.573 e. The molecular formula is C30H36F3N5O6S. The predicted octanol–water partition coefficient (Wildman–Crippen LogP) is 6.22. The van der Waals surface area contributed by atoms with E-state index in [4.69, 9.17) is 9.47 Å². The number of halogens is 3. The van der Waals surface area contributed by atoms with Gasteiger partial charge in [0.2, 0.25) is 16.0 Å². The molecule has 45 heavy (non-hydrogen) atoms. The van der Waals surface area contributed by atoms with Gasteiger partial charge in [-0.2, -0.15) is 4.31 Å². The number of alkyl carbamates (subject to hydrolysis) is 1. The van der Waals surface area contributed by atoms with Crippen LogP contribution in [0.2, 0.25) is 0 Å². The molecule has 0 saturated carbocycles. The van der Waals surface area contributed by atoms with Crippen molar-refractivity contribution in [3.63, 3.8) is 0 Å². The third-order valence-corrected chi connectivity index (χ3v) is 7.72. The number of sulfonamides is 1. The van der Waals surface area contributed by atoms with E-state index < -0.39 is 38.7 Å². The van der Waals surface area contributed by atoms with E-state index in [1.54, 1.807) is 40.9 Å². The van der Waals surface area contributed by atoms with Gasteiger partial charge < -0.3 is 24.8 Å². The summed E-state index contributed by atoms with van der Waals surface area (Å²) >= 11 is 0. The van der Waals surface area contributed by atoms with Crippen LogP contribution in [0, 0.1) is 0 Å². The van der Waals surface area contributed by atoms with Gasteiger partial charge in [-0.05, 0) is 57.0 Å². The van der Waals surface area contributed by atoms with Crippen molar-refractivity contribution in [1.82, 2.24) is 19.6 Å². The number of carbonyl (C=O) groups excluding carboxylic acids is 1. The van der Waals surface area contributed by atoms with Gasteiger partial charge in [0.15, 0.2) is 5.75 Å². The molecule has 0 aliphatic carbocycles. The molecule has 15 heteroatoms. The Hall–Kier alpha value is -4.37. The van der Waals surface area contributed by atoms with Gasteiger partial charge in [-0.15, -0.1) is 13.2 Å². The number of rotatable bonds is 13. The third kappa shape index (κ3) is 11.2. The molecule has 11 nitrogen and oxygen atoms in total. The van der Waals surface area contributed by atoms with Gasteiger partial charge in [0.1, 0.15) is 16.2 Å². The number of nitrogens with one attached hydrogen (secondary N) is 2. The van der Waals surface area contributed by atoms with Crippen LogP contribution in [0.5, 0.6) is 11.5 Å². The number of alkyl halides is 3. The number of aromatic nitrogens is 2. The summed E-state index contributed by atoms with van der Waals surface area (Å²) in [6, 6.07) is 10.6. The number of ether oxygens (including phenoxy) is 3. The number of methoxy groups -OCH3 is 1. The van der Waals surface area contributed by atoms with E-state index in [9.17, 15) is 26.4 Å². The lowest BCUT2D eigenvalue weighted by atomic mass is 10.2. The van der Waals surface area contributed by atoms with Gasteiger partial charge in [0.25, 0.3) is 0 Å². The molecule has 0 bridgehead atoms. The maximum absolute atomic E-state index is 13.5. The van der Waals surface area contributed by atoms with E-state index in [1.165, 1.54) is 18.5 Å². The van der Waals surface area contributed by atoms with Crippen LogP contribution in [0.15, 0.2) is 59.8 Å². The second-order valence-electron chi connectivity index (χ2n) is 10.6. The quantitative estimate of drug-likeness (QED) is 0.221. The fraction of sp³-hybridized carbons (Fsp3) is 0.367. The van der Waals surface area contributed by atoms with Crippen LogP contribution in [0.1, 0.15) is 45.2 Å². The van der Waals surface area contributed by atoms with Gasteiger partial charge in [-0.25, -0.2) is 23.2 Å². The molecule has 1 amide bonds. The monoisotopic (exact) mass is 651 g/mol. The molecule has 1 aromatic heterocycles. The third-order valence-electron chi connectivity index (χ3n) is 5.78. The highest BCUT2D eigenvalue weighted by atomic mass is 32.2. The Bertz CT molecular complexity index is 1580. The lowest BCUT2D eigenvalue weighted by Gasteiger charge is -2.24. The van der Waals surface area contributed by atoms with E-state index in [2.05, 4.69) is 25.3 Å². The van der Waals surface area contributed by atoms with Gasteiger partial charge in [0, 0.05) is 49.3 Å². The van der Waals surface area contributed by atoms with Crippen LogP contribution in [0.25, 0.3) is 12.2 Å². The van der Waals surface area contributed by atoms with Crippen LogP contribution in [-0.2, 0) is 14.8 Å². The zero-order valence-corrected chi connectivity index (χ0v) is 26.3. The minimum absolute atomic E-state index is 0.0176. The highest BCUT2D eigenvalue weighted by Crippen LogP contribution is 2.34. The van der Waals surface area contributed by atoms with Crippen molar-refractivity contribution >= 4 is 39.9 Å². The lowest BCUT2D eigenvalue weighted by molar-refractivity contribution is -0.275. The van der Waals surface area contributed by atoms with Crippen molar-refractivity contribution in [2.24, 2.45) is 0 Å². The summed E-state index contributed by atoms with van der Waals surface area (Å²) < 4.78 is 82.6. The van der Waals surface area contributed by atoms with Crippen molar-refractivity contribution in [3.8, 4) is 11.5 Å². The molecule has 3 rings (SSSR count). The molecule has 0 aliphatic rings. The highest BCUT2D eigenvalue weighted by molar-refractivity contribution is 7.89. The standard InChI is InChI=1S/C30H36F3N5O6S/c1-6-15-38(16-14-34-28(39)44-29(2,3)4)45(40,41)26-13-12-23(18-25(26)43-30(31,32)33)37-27-35-19-22(20-36-27)11-10-21-8-7-9-24(17-21)42-5/h7-13,17-20H,6,14-16H2,1-5H3,(H,34,39)(H,35,36,37)/b11-10+. The Labute approximate surface area is 260 Å². The average Bonchev–Trinajstić information content (AvgIpc) is 2.94. The zero-order chi connectivity index (χ0) is 33.3. The molecule has 0 radical (unpaired) electrons. The molecule has 0 spiro atoms. The topological polar surface area (TPSA) is 132 Å². The molecule has 0 saturated heterocycles. The minimum atomic E-state index is -5.18. The second-order valence-corrected chi connectivity index (χ2v) is 12.5. The molecular weight excluding hydrogens is 615 g/mol. The molecule has 244 valence electrons. The first kappa shape index (κ1) is 35.1. The van der Waals surface area contributed by atoms with Crippen molar-refractivity contribution in [2.75, 3.05) is 32.1 Å². The number of hydrogen-bond acceptors (Lipinski definition) is 9. The fourth-order valence-corrected chi connectivity index (χ4v) is 5.52. The predicted molar refractivity (Wildman–Crippen MR) is 164 cm³/mol. The Kier molecular flexibility index (Phi) is 11.8. The first-order valence-corrected chi connectivity index (χ1v) is 15.3. The molecule has 3 aromatic rings. The molecule has 1 heterocycles. The number of amides is 1. The van der Waals surface area contributed by atoms with Crippen LogP contribution in [0.3, 0.4) is 0 Å². The van der Waals surface area contributed by atoms with Crippen molar-refractivity contribution in [2.45, 2.75) is 51.0 Å². The Morgan fingerprint density at radius 1 is 1.00 bits per heavy atom. The minimum Gasteiger partial charge on any atom is -0.497 e. The summed E-state index contributed by atoms with van der Waals surface area (Å²) in [7, 11) is -2.91. The van der Waals surface area contributed by atoms with Crippen LogP contribution in [0.4, 0.5) is 29.6 Å². The SMILES string of the molecule is CCCN(CCNC(=O)OC(C)(C)C)S(=O)(=O)c1ccc(Nc2ncc(/C=C/c3cccc(OC)c3)cn2)cc1OC(F)(F)F. The van der Waals surface area contributed by atoms with Gasteiger partial charge in [-0.3, -0.25) is 0 Å². The smallest absolute Gasteiger partial charge is 0.497 e. The van der Waals surface area contributed by atoms with E-state index in [-0.39, 0.29) is 31.3 Å². The number of benzene rings is 2. The molecule has 2 N–H and O–H groups in total. The van der Waals surface area contributed by atoms with Crippen molar-refractivity contribution in [1.29, 1.82) is 0 Å². The normalized spacial score (nSPS) is 12.3. The number of anilines is 2. The first-order valence-electron chi connectivity index (χ1n) is 13.9. The number of nitrogens with zero attached hydrogens (tertiary/aromatic N) is 3. The Morgan fingerprint density at radius 3 is 2.31 bits per heavy atom. The number of carbonyl (C=O) groups is 1. The van der Waals surface area contributed by atoms with Gasteiger partial charge >= 0.3 is 12.5 Å². The van der Waals surface area contributed by atoms with Crippen LogP contribution < -0.4 is 20.1 Å².